The highest BCUT2D eigenvalue weighted by Crippen LogP contribution is 2.36. The number of methoxy groups -OCH3 is 2. The first-order valence-electron chi connectivity index (χ1n) is 10.0. The summed E-state index contributed by atoms with van der Waals surface area (Å²) in [6.07, 6.45) is -1.06. The molecule has 0 aliphatic heterocycles. The van der Waals surface area contributed by atoms with Crippen LogP contribution in [-0.4, -0.2) is 59.5 Å². The highest BCUT2D eigenvalue weighted by atomic mass is 32.2. The number of aliphatic hydroxyl groups excluding tert-OH is 1. The summed E-state index contributed by atoms with van der Waals surface area (Å²) in [6, 6.07) is 10.2. The second-order valence-corrected chi connectivity index (χ2v) is 8.91. The monoisotopic (exact) mass is 466 g/mol. The van der Waals surface area contributed by atoms with E-state index in [2.05, 4.69) is 10.0 Å². The van der Waals surface area contributed by atoms with Gasteiger partial charge in [-0.3, -0.25) is 4.79 Å². The van der Waals surface area contributed by atoms with Crippen molar-refractivity contribution in [1.29, 1.82) is 0 Å². The molecule has 1 unspecified atom stereocenters. The first-order valence-corrected chi connectivity index (χ1v) is 11.5. The van der Waals surface area contributed by atoms with Crippen LogP contribution < -0.4 is 24.2 Å². The molecule has 9 nitrogen and oxygen atoms in total. The van der Waals surface area contributed by atoms with Gasteiger partial charge in [-0.2, -0.15) is 0 Å². The van der Waals surface area contributed by atoms with E-state index in [1.807, 2.05) is 6.92 Å². The normalized spacial score (nSPS) is 12.2. The maximum Gasteiger partial charge on any atom is 0.240 e. The number of rotatable bonds is 12. The standard InChI is InChI=1S/C22H30N2O7S/c1-15-8-9-20(16(2)12-15)32(27,28)24-11-10-21(26)23-13-17(25)14-31-22-18(29-3)6-5-7-19(22)30-4/h5-9,12,17,24-25H,10-11,13-14H2,1-4H3,(H,23,26). The van der Waals surface area contributed by atoms with Crippen molar-refractivity contribution in [3.05, 3.63) is 47.5 Å². The van der Waals surface area contributed by atoms with Crippen LogP contribution in [0.5, 0.6) is 17.2 Å². The number of carbonyl (C=O) groups is 1. The van der Waals surface area contributed by atoms with Crippen molar-refractivity contribution in [2.45, 2.75) is 31.3 Å². The number of ether oxygens (including phenoxy) is 3. The van der Waals surface area contributed by atoms with Gasteiger partial charge in [-0.1, -0.05) is 23.8 Å². The number of amides is 1. The summed E-state index contributed by atoms with van der Waals surface area (Å²) < 4.78 is 43.3. The van der Waals surface area contributed by atoms with Crippen LogP contribution >= 0.6 is 0 Å². The van der Waals surface area contributed by atoms with Crippen molar-refractivity contribution >= 4 is 15.9 Å². The summed E-state index contributed by atoms with van der Waals surface area (Å²) in [6.45, 7) is 3.38. The van der Waals surface area contributed by atoms with Crippen LogP contribution in [-0.2, 0) is 14.8 Å². The predicted molar refractivity (Wildman–Crippen MR) is 120 cm³/mol. The summed E-state index contributed by atoms with van der Waals surface area (Å²) in [4.78, 5) is 12.2. The molecule has 0 heterocycles. The van der Waals surface area contributed by atoms with Gasteiger partial charge in [0.25, 0.3) is 0 Å². The van der Waals surface area contributed by atoms with Crippen molar-refractivity contribution in [2.24, 2.45) is 0 Å². The molecule has 1 amide bonds. The molecule has 0 saturated carbocycles. The van der Waals surface area contributed by atoms with Crippen LogP contribution in [0.3, 0.4) is 0 Å². The van der Waals surface area contributed by atoms with Gasteiger partial charge >= 0.3 is 0 Å². The van der Waals surface area contributed by atoms with Crippen molar-refractivity contribution in [2.75, 3.05) is 33.9 Å². The first kappa shape index (κ1) is 25.4. The van der Waals surface area contributed by atoms with Crippen molar-refractivity contribution in [3.8, 4) is 17.2 Å². The minimum absolute atomic E-state index is 0.0554. The highest BCUT2D eigenvalue weighted by Gasteiger charge is 2.17. The highest BCUT2D eigenvalue weighted by molar-refractivity contribution is 7.89. The first-order chi connectivity index (χ1) is 15.2. The fourth-order valence-electron chi connectivity index (χ4n) is 3.00. The molecule has 1 atom stereocenters. The molecule has 0 saturated heterocycles. The Labute approximate surface area is 188 Å². The lowest BCUT2D eigenvalue weighted by molar-refractivity contribution is -0.121. The number of aryl methyl sites for hydroxylation is 2. The Kier molecular flexibility index (Phi) is 9.30. The Morgan fingerprint density at radius 1 is 1.09 bits per heavy atom. The van der Waals surface area contributed by atoms with E-state index >= 15 is 0 Å². The maximum absolute atomic E-state index is 12.4. The van der Waals surface area contributed by atoms with E-state index in [4.69, 9.17) is 14.2 Å². The molecule has 0 bridgehead atoms. The third-order valence-electron chi connectivity index (χ3n) is 4.60. The van der Waals surface area contributed by atoms with Crippen LogP contribution in [0.2, 0.25) is 0 Å². The van der Waals surface area contributed by atoms with Crippen LogP contribution in [0.1, 0.15) is 17.5 Å². The molecule has 0 fully saturated rings. The lowest BCUT2D eigenvalue weighted by Crippen LogP contribution is -2.37. The van der Waals surface area contributed by atoms with Crippen LogP contribution in [0.4, 0.5) is 0 Å². The van der Waals surface area contributed by atoms with E-state index in [-0.39, 0.29) is 31.0 Å². The summed E-state index contributed by atoms with van der Waals surface area (Å²) in [7, 11) is -0.725. The Morgan fingerprint density at radius 2 is 1.75 bits per heavy atom. The summed E-state index contributed by atoms with van der Waals surface area (Å²) in [5.74, 6) is 0.860. The number of para-hydroxylation sites is 1. The van der Waals surface area contributed by atoms with Gasteiger partial charge in [-0.05, 0) is 37.6 Å². The Bertz CT molecular complexity index is 1000. The van der Waals surface area contributed by atoms with Crippen LogP contribution in [0.15, 0.2) is 41.3 Å². The third kappa shape index (κ3) is 7.11. The molecule has 2 rings (SSSR count). The number of nitrogens with one attached hydrogen (secondary N) is 2. The molecule has 0 spiro atoms. The van der Waals surface area contributed by atoms with E-state index < -0.39 is 22.0 Å². The van der Waals surface area contributed by atoms with Gasteiger partial charge in [-0.15, -0.1) is 0 Å². The SMILES string of the molecule is COc1cccc(OC)c1OCC(O)CNC(=O)CCNS(=O)(=O)c1ccc(C)cc1C. The summed E-state index contributed by atoms with van der Waals surface area (Å²) in [5.41, 5.74) is 1.60. The van der Waals surface area contributed by atoms with Gasteiger partial charge in [-0.25, -0.2) is 13.1 Å². The predicted octanol–water partition coefficient (Wildman–Crippen LogP) is 1.55. The van der Waals surface area contributed by atoms with Gasteiger partial charge in [0.1, 0.15) is 12.7 Å². The van der Waals surface area contributed by atoms with Gasteiger partial charge < -0.3 is 24.6 Å². The number of sulfonamides is 1. The summed E-state index contributed by atoms with van der Waals surface area (Å²) in [5, 5.41) is 12.7. The van der Waals surface area contributed by atoms with Crippen molar-refractivity contribution in [1.82, 2.24) is 10.0 Å². The molecule has 10 heteroatoms. The maximum atomic E-state index is 12.4. The van der Waals surface area contributed by atoms with Crippen LogP contribution in [0, 0.1) is 13.8 Å². The van der Waals surface area contributed by atoms with E-state index in [9.17, 15) is 18.3 Å². The lowest BCUT2D eigenvalue weighted by Gasteiger charge is -2.17. The largest absolute Gasteiger partial charge is 0.493 e. The molecular weight excluding hydrogens is 436 g/mol. The number of hydrogen-bond acceptors (Lipinski definition) is 7. The third-order valence-corrected chi connectivity index (χ3v) is 6.22. The second kappa shape index (κ2) is 11.7. The Balaban J connectivity index is 1.77. The van der Waals surface area contributed by atoms with Gasteiger partial charge in [0.15, 0.2) is 11.5 Å². The molecule has 0 radical (unpaired) electrons. The lowest BCUT2D eigenvalue weighted by atomic mass is 10.2. The van der Waals surface area contributed by atoms with Crippen molar-refractivity contribution in [3.63, 3.8) is 0 Å². The molecule has 2 aromatic carbocycles. The molecule has 0 aliphatic carbocycles. The fourth-order valence-corrected chi connectivity index (χ4v) is 4.25. The molecule has 0 aromatic heterocycles. The van der Waals surface area contributed by atoms with Gasteiger partial charge in [0.2, 0.25) is 21.7 Å². The van der Waals surface area contributed by atoms with E-state index in [0.29, 0.717) is 22.8 Å². The number of hydrogen-bond donors (Lipinski definition) is 3. The zero-order chi connectivity index (χ0) is 23.7. The van der Waals surface area contributed by atoms with E-state index in [0.717, 1.165) is 5.56 Å². The smallest absolute Gasteiger partial charge is 0.240 e. The van der Waals surface area contributed by atoms with E-state index in [1.165, 1.54) is 14.2 Å². The average molecular weight is 467 g/mol. The zero-order valence-electron chi connectivity index (χ0n) is 18.7. The molecule has 176 valence electrons. The van der Waals surface area contributed by atoms with Gasteiger partial charge in [0.05, 0.1) is 19.1 Å². The molecule has 32 heavy (non-hydrogen) atoms. The average Bonchev–Trinajstić information content (AvgIpc) is 2.75. The van der Waals surface area contributed by atoms with Crippen LogP contribution in [0.25, 0.3) is 0 Å². The molecule has 0 aliphatic rings. The van der Waals surface area contributed by atoms with Gasteiger partial charge in [0, 0.05) is 19.5 Å². The Hall–Kier alpha value is -2.82. The Morgan fingerprint density at radius 3 is 2.34 bits per heavy atom. The minimum Gasteiger partial charge on any atom is -0.493 e. The van der Waals surface area contributed by atoms with Crippen molar-refractivity contribution < 1.29 is 32.5 Å². The molecular formula is C22H30N2O7S. The number of carbonyl (C=O) groups excluding carboxylic acids is 1. The zero-order valence-corrected chi connectivity index (χ0v) is 19.5. The number of benzene rings is 2. The quantitative estimate of drug-likeness (QED) is 0.434. The number of aliphatic hydroxyl groups is 1. The molecule has 3 N–H and O–H groups in total. The minimum atomic E-state index is -3.71. The van der Waals surface area contributed by atoms with E-state index in [1.54, 1.807) is 43.3 Å². The topological polar surface area (TPSA) is 123 Å². The second-order valence-electron chi connectivity index (χ2n) is 7.18. The fraction of sp³-hybridized carbons (Fsp3) is 0.409. The summed E-state index contributed by atoms with van der Waals surface area (Å²) >= 11 is 0. The molecule has 2 aromatic rings.